The Labute approximate surface area is 106 Å². The van der Waals surface area contributed by atoms with Gasteiger partial charge in [0.05, 0.1) is 12.3 Å². The number of nitrogens with zero attached hydrogens (tertiary/aromatic N) is 1. The van der Waals surface area contributed by atoms with Crippen molar-refractivity contribution in [2.75, 3.05) is 6.61 Å². The summed E-state index contributed by atoms with van der Waals surface area (Å²) >= 11 is 0. The molecule has 0 aliphatic rings. The molecule has 0 aliphatic carbocycles. The first-order chi connectivity index (χ1) is 8.69. The van der Waals surface area contributed by atoms with Crippen molar-refractivity contribution >= 4 is 0 Å². The van der Waals surface area contributed by atoms with Gasteiger partial charge in [0, 0.05) is 11.3 Å². The van der Waals surface area contributed by atoms with E-state index in [2.05, 4.69) is 16.9 Å². The van der Waals surface area contributed by atoms with Crippen LogP contribution in [0, 0.1) is 6.92 Å². The third-order valence-corrected chi connectivity index (χ3v) is 2.50. The molecule has 0 spiro atoms. The van der Waals surface area contributed by atoms with Crippen LogP contribution < -0.4 is 10.4 Å². The second-order valence-electron chi connectivity index (χ2n) is 4.13. The highest BCUT2D eigenvalue weighted by Gasteiger charge is 2.02. The van der Waals surface area contributed by atoms with Crippen LogP contribution >= 0.6 is 0 Å². The average molecular weight is 244 g/mol. The molecule has 4 heteroatoms. The van der Waals surface area contributed by atoms with Gasteiger partial charge in [0.15, 0.2) is 0 Å². The molecule has 1 heterocycles. The number of hydrogen-bond donors (Lipinski definition) is 1. The lowest BCUT2D eigenvalue weighted by molar-refractivity contribution is 0.317. The predicted octanol–water partition coefficient (Wildman–Crippen LogP) is 2.53. The number of H-pyrrole nitrogens is 1. The molecule has 1 aromatic heterocycles. The van der Waals surface area contributed by atoms with Crippen LogP contribution in [0.25, 0.3) is 11.3 Å². The molecule has 0 amide bonds. The number of aryl methyl sites for hydroxylation is 1. The number of nitrogens with one attached hydrogen (secondary N) is 1. The number of benzene rings is 1. The molecule has 1 aromatic carbocycles. The zero-order valence-corrected chi connectivity index (χ0v) is 10.6. The number of aromatic nitrogens is 2. The molecule has 94 valence electrons. The van der Waals surface area contributed by atoms with Crippen LogP contribution in [0.3, 0.4) is 0 Å². The molecule has 0 bridgehead atoms. The molecule has 0 radical (unpaired) electrons. The maximum absolute atomic E-state index is 11.3. The summed E-state index contributed by atoms with van der Waals surface area (Å²) in [6.07, 6.45) is 0.983. The number of aromatic amines is 1. The fourth-order valence-corrected chi connectivity index (χ4v) is 1.67. The Balaban J connectivity index is 2.25. The van der Waals surface area contributed by atoms with Crippen LogP contribution in [0.2, 0.25) is 0 Å². The maximum Gasteiger partial charge on any atom is 0.345 e. The van der Waals surface area contributed by atoms with Crippen molar-refractivity contribution in [3.8, 4) is 17.0 Å². The smallest absolute Gasteiger partial charge is 0.345 e. The highest BCUT2D eigenvalue weighted by Crippen LogP contribution is 2.20. The van der Waals surface area contributed by atoms with Crippen molar-refractivity contribution in [2.24, 2.45) is 0 Å². The zero-order valence-electron chi connectivity index (χ0n) is 10.6. The molecule has 4 nitrogen and oxygen atoms in total. The minimum Gasteiger partial charge on any atom is -0.494 e. The van der Waals surface area contributed by atoms with E-state index in [0.717, 1.165) is 23.4 Å². The van der Waals surface area contributed by atoms with Crippen LogP contribution in [-0.2, 0) is 0 Å². The monoisotopic (exact) mass is 244 g/mol. The van der Waals surface area contributed by atoms with Gasteiger partial charge in [-0.15, -0.1) is 0 Å². The van der Waals surface area contributed by atoms with E-state index < -0.39 is 0 Å². The van der Waals surface area contributed by atoms with Crippen molar-refractivity contribution in [3.63, 3.8) is 0 Å². The topological polar surface area (TPSA) is 55.0 Å². The molecule has 18 heavy (non-hydrogen) atoms. The van der Waals surface area contributed by atoms with E-state index in [1.807, 2.05) is 37.3 Å². The summed E-state index contributed by atoms with van der Waals surface area (Å²) in [6.45, 7) is 4.62. The van der Waals surface area contributed by atoms with E-state index >= 15 is 0 Å². The first kappa shape index (κ1) is 12.4. The summed E-state index contributed by atoms with van der Waals surface area (Å²) in [5.41, 5.74) is 2.07. The lowest BCUT2D eigenvalue weighted by Gasteiger charge is -2.05. The van der Waals surface area contributed by atoms with Gasteiger partial charge in [0.2, 0.25) is 0 Å². The minimum atomic E-state index is -0.323. The summed E-state index contributed by atoms with van der Waals surface area (Å²) in [4.78, 5) is 17.9. The molecule has 0 fully saturated rings. The Bertz CT molecular complexity index is 573. The Morgan fingerprint density at radius 2 is 2.00 bits per heavy atom. The fraction of sp³-hybridized carbons (Fsp3) is 0.286. The summed E-state index contributed by atoms with van der Waals surface area (Å²) in [5, 5.41) is 0. The van der Waals surface area contributed by atoms with Crippen LogP contribution in [0.1, 0.15) is 19.0 Å². The lowest BCUT2D eigenvalue weighted by Crippen LogP contribution is -2.11. The first-order valence-electron chi connectivity index (χ1n) is 6.00. The normalized spacial score (nSPS) is 10.3. The number of hydrogen-bond acceptors (Lipinski definition) is 3. The third-order valence-electron chi connectivity index (χ3n) is 2.50. The minimum absolute atomic E-state index is 0.323. The molecular formula is C14H16N2O2. The van der Waals surface area contributed by atoms with Gasteiger partial charge in [-0.1, -0.05) is 6.92 Å². The summed E-state index contributed by atoms with van der Waals surface area (Å²) < 4.78 is 5.51. The van der Waals surface area contributed by atoms with Crippen LogP contribution in [0.15, 0.2) is 35.1 Å². The predicted molar refractivity (Wildman–Crippen MR) is 70.8 cm³/mol. The fourth-order valence-electron chi connectivity index (χ4n) is 1.67. The molecule has 0 atom stereocenters. The molecule has 2 aromatic rings. The summed E-state index contributed by atoms with van der Waals surface area (Å²) in [6, 6.07) is 9.45. The SMILES string of the molecule is CCCOc1ccc(-c2cc(C)[nH]c(=O)n2)cc1. The Hall–Kier alpha value is -2.10. The average Bonchev–Trinajstić information content (AvgIpc) is 2.36. The van der Waals surface area contributed by atoms with E-state index in [1.54, 1.807) is 0 Å². The molecular weight excluding hydrogens is 228 g/mol. The van der Waals surface area contributed by atoms with Crippen molar-refractivity contribution in [2.45, 2.75) is 20.3 Å². The Morgan fingerprint density at radius 3 is 2.61 bits per heavy atom. The molecule has 2 rings (SSSR count). The highest BCUT2D eigenvalue weighted by molar-refractivity contribution is 5.59. The van der Waals surface area contributed by atoms with E-state index in [-0.39, 0.29) is 5.69 Å². The first-order valence-corrected chi connectivity index (χ1v) is 6.00. The second kappa shape index (κ2) is 5.49. The maximum atomic E-state index is 11.3. The van der Waals surface area contributed by atoms with E-state index in [0.29, 0.717) is 12.3 Å². The van der Waals surface area contributed by atoms with Gasteiger partial charge in [-0.3, -0.25) is 0 Å². The van der Waals surface area contributed by atoms with Crippen molar-refractivity contribution in [1.82, 2.24) is 9.97 Å². The van der Waals surface area contributed by atoms with Gasteiger partial charge in [-0.25, -0.2) is 4.79 Å². The van der Waals surface area contributed by atoms with Crippen LogP contribution in [0.5, 0.6) is 5.75 Å². The van der Waals surface area contributed by atoms with E-state index in [9.17, 15) is 4.79 Å². The van der Waals surface area contributed by atoms with Gasteiger partial charge in [-0.05, 0) is 43.7 Å². The second-order valence-corrected chi connectivity index (χ2v) is 4.13. The standard InChI is InChI=1S/C14H16N2O2/c1-3-8-18-12-6-4-11(5-7-12)13-9-10(2)15-14(17)16-13/h4-7,9H,3,8H2,1-2H3,(H,15,16,17). The van der Waals surface area contributed by atoms with Crippen molar-refractivity contribution in [3.05, 3.63) is 46.5 Å². The van der Waals surface area contributed by atoms with Crippen molar-refractivity contribution in [1.29, 1.82) is 0 Å². The summed E-state index contributed by atoms with van der Waals surface area (Å²) in [7, 11) is 0. The van der Waals surface area contributed by atoms with Crippen LogP contribution in [0.4, 0.5) is 0 Å². The Morgan fingerprint density at radius 1 is 1.28 bits per heavy atom. The van der Waals surface area contributed by atoms with E-state index in [1.165, 1.54) is 0 Å². The lowest BCUT2D eigenvalue weighted by atomic mass is 10.1. The molecule has 0 aliphatic heterocycles. The molecule has 0 unspecified atom stereocenters. The van der Waals surface area contributed by atoms with Gasteiger partial charge in [0.25, 0.3) is 0 Å². The van der Waals surface area contributed by atoms with Gasteiger partial charge < -0.3 is 9.72 Å². The van der Waals surface area contributed by atoms with Crippen LogP contribution in [-0.4, -0.2) is 16.6 Å². The number of rotatable bonds is 4. The van der Waals surface area contributed by atoms with Gasteiger partial charge in [0.1, 0.15) is 5.75 Å². The largest absolute Gasteiger partial charge is 0.494 e. The van der Waals surface area contributed by atoms with Crippen molar-refractivity contribution < 1.29 is 4.74 Å². The zero-order chi connectivity index (χ0) is 13.0. The highest BCUT2D eigenvalue weighted by atomic mass is 16.5. The summed E-state index contributed by atoms with van der Waals surface area (Å²) in [5.74, 6) is 0.835. The van der Waals surface area contributed by atoms with E-state index in [4.69, 9.17) is 4.74 Å². The molecule has 0 saturated heterocycles. The van der Waals surface area contributed by atoms with Gasteiger partial charge >= 0.3 is 5.69 Å². The third kappa shape index (κ3) is 2.97. The molecule has 0 saturated carbocycles. The van der Waals surface area contributed by atoms with Gasteiger partial charge in [-0.2, -0.15) is 4.98 Å². The Kier molecular flexibility index (Phi) is 3.77. The number of ether oxygens (including phenoxy) is 1. The molecule has 1 N–H and O–H groups in total. The quantitative estimate of drug-likeness (QED) is 0.899.